The molecule has 6 nitrogen and oxygen atoms in total. The van der Waals surface area contributed by atoms with Crippen LogP contribution in [0.5, 0.6) is 11.5 Å². The Labute approximate surface area is 157 Å². The van der Waals surface area contributed by atoms with E-state index in [0.29, 0.717) is 35.3 Å². The van der Waals surface area contributed by atoms with Crippen LogP contribution in [-0.2, 0) is 6.54 Å². The van der Waals surface area contributed by atoms with E-state index in [2.05, 4.69) is 11.9 Å². The van der Waals surface area contributed by atoms with Crippen molar-refractivity contribution < 1.29 is 14.3 Å². The van der Waals surface area contributed by atoms with Gasteiger partial charge >= 0.3 is 0 Å². The quantitative estimate of drug-likeness (QED) is 0.597. The smallest absolute Gasteiger partial charge is 0.260 e. The van der Waals surface area contributed by atoms with Gasteiger partial charge in [0.2, 0.25) is 0 Å². The molecule has 0 amide bonds. The SMILES string of the molecule is CCCCn1cc(-c2cc(OC)c(C=O)c(OC)c2)c2ccncc2c1=O. The molecule has 0 aliphatic carbocycles. The lowest BCUT2D eigenvalue weighted by atomic mass is 9.99. The molecule has 1 aromatic carbocycles. The van der Waals surface area contributed by atoms with Crippen molar-refractivity contribution >= 4 is 17.1 Å². The molecule has 0 radical (unpaired) electrons. The number of benzene rings is 1. The normalized spacial score (nSPS) is 10.8. The highest BCUT2D eigenvalue weighted by molar-refractivity contribution is 5.97. The summed E-state index contributed by atoms with van der Waals surface area (Å²) in [7, 11) is 3.02. The van der Waals surface area contributed by atoms with Crippen molar-refractivity contribution in [3.63, 3.8) is 0 Å². The van der Waals surface area contributed by atoms with Crippen LogP contribution in [0, 0.1) is 0 Å². The number of carbonyl (C=O) groups is 1. The standard InChI is InChI=1S/C21H22N2O4/c1-4-5-8-23-12-17(15-6-7-22-11-16(15)21(23)25)14-9-19(26-2)18(13-24)20(10-14)27-3/h6-7,9-13H,4-5,8H2,1-3H3. The van der Waals surface area contributed by atoms with Gasteiger partial charge in [-0.2, -0.15) is 0 Å². The average molecular weight is 366 g/mol. The predicted octanol–water partition coefficient (Wildman–Crippen LogP) is 3.69. The Balaban J connectivity index is 2.32. The number of carbonyl (C=O) groups excluding carboxylic acids is 1. The number of ether oxygens (including phenoxy) is 2. The minimum Gasteiger partial charge on any atom is -0.496 e. The second-order valence-electron chi connectivity index (χ2n) is 6.23. The van der Waals surface area contributed by atoms with E-state index in [-0.39, 0.29) is 5.56 Å². The van der Waals surface area contributed by atoms with Crippen LogP contribution in [0.15, 0.2) is 41.6 Å². The van der Waals surface area contributed by atoms with Gasteiger partial charge in [-0.1, -0.05) is 13.3 Å². The van der Waals surface area contributed by atoms with Crippen LogP contribution in [-0.4, -0.2) is 30.1 Å². The minimum absolute atomic E-state index is 0.0567. The molecule has 0 N–H and O–H groups in total. The van der Waals surface area contributed by atoms with E-state index < -0.39 is 0 Å². The van der Waals surface area contributed by atoms with Crippen molar-refractivity contribution in [1.82, 2.24) is 9.55 Å². The minimum atomic E-state index is -0.0567. The Kier molecular flexibility index (Phi) is 5.54. The van der Waals surface area contributed by atoms with Gasteiger partial charge in [0.25, 0.3) is 5.56 Å². The lowest BCUT2D eigenvalue weighted by Crippen LogP contribution is -2.20. The molecule has 0 spiro atoms. The van der Waals surface area contributed by atoms with Crippen LogP contribution in [0.25, 0.3) is 21.9 Å². The van der Waals surface area contributed by atoms with Crippen molar-refractivity contribution in [2.75, 3.05) is 14.2 Å². The monoisotopic (exact) mass is 366 g/mol. The number of aryl methyl sites for hydroxylation is 1. The topological polar surface area (TPSA) is 70.4 Å². The zero-order valence-electron chi connectivity index (χ0n) is 15.7. The van der Waals surface area contributed by atoms with E-state index in [1.165, 1.54) is 14.2 Å². The van der Waals surface area contributed by atoms with Gasteiger partial charge in [0.15, 0.2) is 6.29 Å². The highest BCUT2D eigenvalue weighted by atomic mass is 16.5. The Morgan fingerprint density at radius 2 is 1.85 bits per heavy atom. The highest BCUT2D eigenvalue weighted by Gasteiger charge is 2.16. The number of rotatable bonds is 7. The lowest BCUT2D eigenvalue weighted by Gasteiger charge is -2.15. The maximum atomic E-state index is 12.8. The van der Waals surface area contributed by atoms with Crippen molar-refractivity contribution in [3.05, 3.63) is 52.7 Å². The van der Waals surface area contributed by atoms with Gasteiger partial charge in [0.1, 0.15) is 11.5 Å². The van der Waals surface area contributed by atoms with Crippen molar-refractivity contribution in [3.8, 4) is 22.6 Å². The summed E-state index contributed by atoms with van der Waals surface area (Å²) in [6.07, 6.45) is 7.72. The van der Waals surface area contributed by atoms with Crippen LogP contribution in [0.1, 0.15) is 30.1 Å². The molecule has 140 valence electrons. The molecule has 27 heavy (non-hydrogen) atoms. The van der Waals surface area contributed by atoms with Crippen LogP contribution < -0.4 is 15.0 Å². The fourth-order valence-corrected chi connectivity index (χ4v) is 3.17. The third-order valence-corrected chi connectivity index (χ3v) is 4.61. The molecular formula is C21H22N2O4. The summed E-state index contributed by atoms with van der Waals surface area (Å²) in [4.78, 5) is 28.3. The second-order valence-corrected chi connectivity index (χ2v) is 6.23. The van der Waals surface area contributed by atoms with Gasteiger partial charge in [0, 0.05) is 30.7 Å². The van der Waals surface area contributed by atoms with Crippen LogP contribution >= 0.6 is 0 Å². The van der Waals surface area contributed by atoms with Gasteiger partial charge in [0.05, 0.1) is 25.2 Å². The number of fused-ring (bicyclic) bond motifs is 1. The van der Waals surface area contributed by atoms with Gasteiger partial charge in [-0.05, 0) is 35.6 Å². The molecule has 2 heterocycles. The van der Waals surface area contributed by atoms with Crippen LogP contribution in [0.3, 0.4) is 0 Å². The van der Waals surface area contributed by atoms with Gasteiger partial charge in [-0.3, -0.25) is 14.6 Å². The maximum absolute atomic E-state index is 12.8. The fourth-order valence-electron chi connectivity index (χ4n) is 3.17. The Bertz CT molecular complexity index is 1020. The summed E-state index contributed by atoms with van der Waals surface area (Å²) in [6, 6.07) is 5.40. The zero-order chi connectivity index (χ0) is 19.4. The second kappa shape index (κ2) is 8.03. The molecule has 0 unspecified atom stereocenters. The number of pyridine rings is 2. The molecule has 3 aromatic rings. The molecule has 2 aromatic heterocycles. The van der Waals surface area contributed by atoms with E-state index in [9.17, 15) is 9.59 Å². The van der Waals surface area contributed by atoms with Crippen molar-refractivity contribution in [2.24, 2.45) is 0 Å². The molecule has 6 heteroatoms. The van der Waals surface area contributed by atoms with Gasteiger partial charge < -0.3 is 14.0 Å². The first kappa shape index (κ1) is 18.6. The lowest BCUT2D eigenvalue weighted by molar-refractivity contribution is 0.111. The first-order chi connectivity index (χ1) is 13.1. The molecule has 0 aliphatic rings. The number of aldehydes is 1. The Morgan fingerprint density at radius 3 is 2.44 bits per heavy atom. The number of aromatic nitrogens is 2. The summed E-state index contributed by atoms with van der Waals surface area (Å²) in [5.41, 5.74) is 1.96. The first-order valence-electron chi connectivity index (χ1n) is 8.83. The number of hydrogen-bond donors (Lipinski definition) is 0. The third-order valence-electron chi connectivity index (χ3n) is 4.61. The Hall–Kier alpha value is -3.15. The first-order valence-corrected chi connectivity index (χ1v) is 8.83. The summed E-state index contributed by atoms with van der Waals surface area (Å²) < 4.78 is 12.5. The molecule has 0 atom stereocenters. The molecule has 3 rings (SSSR count). The number of methoxy groups -OCH3 is 2. The van der Waals surface area contributed by atoms with Crippen molar-refractivity contribution in [2.45, 2.75) is 26.3 Å². The third kappa shape index (κ3) is 3.43. The number of hydrogen-bond acceptors (Lipinski definition) is 5. The highest BCUT2D eigenvalue weighted by Crippen LogP contribution is 2.36. The van der Waals surface area contributed by atoms with Crippen molar-refractivity contribution in [1.29, 1.82) is 0 Å². The summed E-state index contributed by atoms with van der Waals surface area (Å²) >= 11 is 0. The van der Waals surface area contributed by atoms with E-state index in [1.807, 2.05) is 12.3 Å². The van der Waals surface area contributed by atoms with Crippen LogP contribution in [0.2, 0.25) is 0 Å². The van der Waals surface area contributed by atoms with E-state index in [1.54, 1.807) is 29.1 Å². The summed E-state index contributed by atoms with van der Waals surface area (Å²) in [5, 5.41) is 1.36. The van der Waals surface area contributed by atoms with E-state index in [4.69, 9.17) is 9.47 Å². The summed E-state index contributed by atoms with van der Waals surface area (Å²) in [5.74, 6) is 0.848. The predicted molar refractivity (Wildman–Crippen MR) is 105 cm³/mol. The Morgan fingerprint density at radius 1 is 1.15 bits per heavy atom. The molecule has 0 fully saturated rings. The van der Waals surface area contributed by atoms with E-state index in [0.717, 1.165) is 29.4 Å². The number of nitrogens with zero attached hydrogens (tertiary/aromatic N) is 2. The maximum Gasteiger partial charge on any atom is 0.260 e. The molecule has 0 aliphatic heterocycles. The fraction of sp³-hybridized carbons (Fsp3) is 0.286. The van der Waals surface area contributed by atoms with Gasteiger partial charge in [-0.15, -0.1) is 0 Å². The number of unbranched alkanes of at least 4 members (excludes halogenated alkanes) is 1. The van der Waals surface area contributed by atoms with Gasteiger partial charge in [-0.25, -0.2) is 0 Å². The molecule has 0 saturated heterocycles. The molecule has 0 bridgehead atoms. The zero-order valence-corrected chi connectivity index (χ0v) is 15.7. The van der Waals surface area contributed by atoms with E-state index >= 15 is 0 Å². The summed E-state index contributed by atoms with van der Waals surface area (Å²) in [6.45, 7) is 2.72. The van der Waals surface area contributed by atoms with Crippen LogP contribution in [0.4, 0.5) is 0 Å². The molecule has 0 saturated carbocycles. The largest absolute Gasteiger partial charge is 0.496 e. The molecular weight excluding hydrogens is 344 g/mol. The average Bonchev–Trinajstić information content (AvgIpc) is 2.72.